The van der Waals surface area contributed by atoms with E-state index >= 15 is 0 Å². The minimum absolute atomic E-state index is 0.0894. The number of benzene rings is 3. The Labute approximate surface area is 200 Å². The molecule has 3 amide bonds. The Hall–Kier alpha value is -3.61. The maximum Gasteiger partial charge on any atom is 0.283 e. The van der Waals surface area contributed by atoms with E-state index in [0.29, 0.717) is 16.9 Å². The van der Waals surface area contributed by atoms with Gasteiger partial charge in [-0.05, 0) is 67.4 Å². The van der Waals surface area contributed by atoms with E-state index in [1.807, 2.05) is 32.0 Å². The maximum atomic E-state index is 13.0. The first-order valence-electron chi connectivity index (χ1n) is 10.0. The van der Waals surface area contributed by atoms with Crippen molar-refractivity contribution in [1.29, 1.82) is 0 Å². The molecule has 0 unspecified atom stereocenters. The van der Waals surface area contributed by atoms with Crippen LogP contribution in [0.15, 0.2) is 77.5 Å². The Balaban J connectivity index is 1.55. The molecule has 6 nitrogen and oxygen atoms in total. The highest BCUT2D eigenvalue weighted by Crippen LogP contribution is 2.34. The summed E-state index contributed by atoms with van der Waals surface area (Å²) in [4.78, 5) is 39.3. The van der Waals surface area contributed by atoms with E-state index in [1.165, 1.54) is 0 Å². The number of amides is 3. The molecule has 0 radical (unpaired) electrons. The molecule has 3 aromatic rings. The van der Waals surface area contributed by atoms with Gasteiger partial charge in [0.25, 0.3) is 17.7 Å². The van der Waals surface area contributed by atoms with Crippen LogP contribution in [0.5, 0.6) is 0 Å². The fraction of sp³-hybridized carbons (Fsp3) is 0.0800. The fourth-order valence-corrected chi connectivity index (χ4v) is 4.03. The first kappa shape index (κ1) is 22.6. The van der Waals surface area contributed by atoms with Gasteiger partial charge >= 0.3 is 0 Å². The Bertz CT molecular complexity index is 1310. The monoisotopic (exact) mass is 479 g/mol. The van der Waals surface area contributed by atoms with E-state index in [2.05, 4.69) is 10.6 Å². The van der Waals surface area contributed by atoms with Crippen LogP contribution in [0.2, 0.25) is 5.02 Å². The quantitative estimate of drug-likeness (QED) is 0.463. The molecule has 0 aromatic heterocycles. The number of hydrogen-bond donors (Lipinski definition) is 2. The van der Waals surface area contributed by atoms with Crippen molar-refractivity contribution in [3.05, 3.63) is 99.2 Å². The summed E-state index contributed by atoms with van der Waals surface area (Å²) in [6, 6.07) is 18.8. The van der Waals surface area contributed by atoms with Gasteiger partial charge in [0.05, 0.1) is 10.7 Å². The Morgan fingerprint density at radius 1 is 0.818 bits per heavy atom. The minimum atomic E-state index is -0.680. The number of nitrogens with zero attached hydrogens (tertiary/aromatic N) is 1. The molecular weight excluding hydrogens is 461 g/mol. The molecule has 8 heteroatoms. The Morgan fingerprint density at radius 3 is 2.21 bits per heavy atom. The van der Waals surface area contributed by atoms with Crippen LogP contribution in [-0.2, 0) is 9.59 Å². The van der Waals surface area contributed by atoms with E-state index in [4.69, 9.17) is 23.2 Å². The molecule has 166 valence electrons. The zero-order valence-electron chi connectivity index (χ0n) is 17.8. The number of aryl methyl sites for hydroxylation is 2. The zero-order valence-corrected chi connectivity index (χ0v) is 19.3. The first-order chi connectivity index (χ1) is 15.7. The average Bonchev–Trinajstić information content (AvgIpc) is 2.97. The zero-order chi connectivity index (χ0) is 23.7. The fourth-order valence-electron chi connectivity index (χ4n) is 3.60. The highest BCUT2D eigenvalue weighted by Gasteiger charge is 2.39. The van der Waals surface area contributed by atoms with Crippen LogP contribution in [0.3, 0.4) is 0 Å². The second-order valence-corrected chi connectivity index (χ2v) is 8.41. The number of anilines is 3. The lowest BCUT2D eigenvalue weighted by Gasteiger charge is -2.16. The van der Waals surface area contributed by atoms with E-state index in [9.17, 15) is 14.4 Å². The third-order valence-corrected chi connectivity index (χ3v) is 5.66. The molecule has 0 saturated carbocycles. The van der Waals surface area contributed by atoms with Gasteiger partial charge < -0.3 is 10.6 Å². The standard InChI is InChI=1S/C25H19Cl2N3O3/c1-14-10-15(2)12-18(11-14)29-23(31)16-6-5-7-17(13-16)28-22-21(27)24(32)30(25(22)33)20-9-4-3-8-19(20)26/h3-13,28H,1-2H3,(H,29,31). The molecule has 1 heterocycles. The number of imide groups is 1. The van der Waals surface area contributed by atoms with Gasteiger partial charge in [-0.2, -0.15) is 0 Å². The molecule has 4 rings (SSSR count). The largest absolute Gasteiger partial charge is 0.350 e. The lowest BCUT2D eigenvalue weighted by molar-refractivity contribution is -0.120. The molecule has 33 heavy (non-hydrogen) atoms. The van der Waals surface area contributed by atoms with Gasteiger partial charge in [-0.25, -0.2) is 4.90 Å². The van der Waals surface area contributed by atoms with Crippen molar-refractivity contribution in [2.45, 2.75) is 13.8 Å². The van der Waals surface area contributed by atoms with Gasteiger partial charge in [0.15, 0.2) is 0 Å². The normalized spacial score (nSPS) is 13.5. The molecule has 2 N–H and O–H groups in total. The molecule has 0 fully saturated rings. The average molecular weight is 480 g/mol. The van der Waals surface area contributed by atoms with Crippen LogP contribution >= 0.6 is 23.2 Å². The molecule has 3 aromatic carbocycles. The van der Waals surface area contributed by atoms with Crippen molar-refractivity contribution in [2.24, 2.45) is 0 Å². The maximum absolute atomic E-state index is 13.0. The van der Waals surface area contributed by atoms with Gasteiger partial charge in [0.1, 0.15) is 10.7 Å². The topological polar surface area (TPSA) is 78.5 Å². The second kappa shape index (κ2) is 9.10. The highest BCUT2D eigenvalue weighted by molar-refractivity contribution is 6.53. The number of hydrogen-bond acceptors (Lipinski definition) is 4. The summed E-state index contributed by atoms with van der Waals surface area (Å²) in [6.45, 7) is 3.91. The molecule has 1 aliphatic rings. The lowest BCUT2D eigenvalue weighted by Crippen LogP contribution is -2.32. The lowest BCUT2D eigenvalue weighted by atomic mass is 10.1. The molecule has 0 spiro atoms. The van der Waals surface area contributed by atoms with Gasteiger partial charge in [0, 0.05) is 16.9 Å². The van der Waals surface area contributed by atoms with Gasteiger partial charge in [0.2, 0.25) is 0 Å². The number of nitrogens with one attached hydrogen (secondary N) is 2. The van der Waals surface area contributed by atoms with Crippen molar-refractivity contribution in [2.75, 3.05) is 15.5 Å². The number of rotatable bonds is 5. The Kier molecular flexibility index (Phi) is 6.22. The summed E-state index contributed by atoms with van der Waals surface area (Å²) < 4.78 is 0. The number of para-hydroxylation sites is 1. The van der Waals surface area contributed by atoms with Crippen LogP contribution in [0.25, 0.3) is 0 Å². The third kappa shape index (κ3) is 4.62. The third-order valence-electron chi connectivity index (χ3n) is 4.99. The number of carbonyl (C=O) groups excluding carboxylic acids is 3. The van der Waals surface area contributed by atoms with E-state index in [0.717, 1.165) is 16.0 Å². The number of halogens is 2. The van der Waals surface area contributed by atoms with Crippen LogP contribution in [0, 0.1) is 13.8 Å². The van der Waals surface area contributed by atoms with E-state index < -0.39 is 11.8 Å². The van der Waals surface area contributed by atoms with Crippen molar-refractivity contribution in [1.82, 2.24) is 0 Å². The van der Waals surface area contributed by atoms with Crippen molar-refractivity contribution in [3.8, 4) is 0 Å². The summed E-state index contributed by atoms with van der Waals surface area (Å²) in [5.74, 6) is -1.63. The van der Waals surface area contributed by atoms with Crippen molar-refractivity contribution in [3.63, 3.8) is 0 Å². The van der Waals surface area contributed by atoms with Crippen LogP contribution in [0.1, 0.15) is 21.5 Å². The summed E-state index contributed by atoms with van der Waals surface area (Å²) in [6.07, 6.45) is 0. The van der Waals surface area contributed by atoms with Crippen LogP contribution < -0.4 is 15.5 Å². The summed E-state index contributed by atoms with van der Waals surface area (Å²) in [7, 11) is 0. The summed E-state index contributed by atoms with van der Waals surface area (Å²) in [5, 5.41) is 5.74. The first-order valence-corrected chi connectivity index (χ1v) is 10.8. The van der Waals surface area contributed by atoms with Crippen molar-refractivity contribution >= 4 is 58.0 Å². The molecule has 0 atom stereocenters. The highest BCUT2D eigenvalue weighted by atomic mass is 35.5. The molecule has 1 aliphatic heterocycles. The summed E-state index contributed by atoms with van der Waals surface area (Å²) in [5.41, 5.74) is 3.71. The molecular formula is C25H19Cl2N3O3. The predicted octanol–water partition coefficient (Wildman–Crippen LogP) is 5.64. The van der Waals surface area contributed by atoms with Gasteiger partial charge in [-0.3, -0.25) is 14.4 Å². The second-order valence-electron chi connectivity index (χ2n) is 7.62. The molecule has 0 bridgehead atoms. The van der Waals surface area contributed by atoms with Crippen LogP contribution in [0.4, 0.5) is 17.1 Å². The van der Waals surface area contributed by atoms with Gasteiger partial charge in [-0.1, -0.05) is 47.5 Å². The van der Waals surface area contributed by atoms with E-state index in [1.54, 1.807) is 48.5 Å². The van der Waals surface area contributed by atoms with Gasteiger partial charge in [-0.15, -0.1) is 0 Å². The SMILES string of the molecule is Cc1cc(C)cc(NC(=O)c2cccc(NC3=C(Cl)C(=O)N(c4ccccc4Cl)C3=O)c2)c1. The van der Waals surface area contributed by atoms with Crippen LogP contribution in [-0.4, -0.2) is 17.7 Å². The van der Waals surface area contributed by atoms with Crippen molar-refractivity contribution < 1.29 is 14.4 Å². The number of carbonyl (C=O) groups is 3. The molecule has 0 saturated heterocycles. The summed E-state index contributed by atoms with van der Waals surface area (Å²) >= 11 is 12.4. The predicted molar refractivity (Wildman–Crippen MR) is 131 cm³/mol. The Morgan fingerprint density at radius 2 is 1.52 bits per heavy atom. The smallest absolute Gasteiger partial charge is 0.283 e. The molecule has 0 aliphatic carbocycles. The van der Waals surface area contributed by atoms with E-state index in [-0.39, 0.29) is 27.3 Å². The minimum Gasteiger partial charge on any atom is -0.350 e.